The molecule has 0 aliphatic rings. The first-order chi connectivity index (χ1) is 7.99. The van der Waals surface area contributed by atoms with Gasteiger partial charge in [0.05, 0.1) is 0 Å². The smallest absolute Gasteiger partial charge is 0.331 e. The van der Waals surface area contributed by atoms with Gasteiger partial charge in [-0.1, -0.05) is 6.58 Å². The fraction of sp³-hybridized carbons (Fsp3) is 0.167. The van der Waals surface area contributed by atoms with E-state index in [2.05, 4.69) is 11.9 Å². The summed E-state index contributed by atoms with van der Waals surface area (Å²) in [5.41, 5.74) is 0.889. The largest absolute Gasteiger partial charge is 0.478 e. The van der Waals surface area contributed by atoms with Crippen LogP contribution in [-0.2, 0) is 9.59 Å². The van der Waals surface area contributed by atoms with Crippen molar-refractivity contribution in [1.29, 1.82) is 0 Å². The number of nitrogens with one attached hydrogen (secondary N) is 1. The Morgan fingerprint density at radius 1 is 1.35 bits per heavy atom. The number of carbonyl (C=O) groups is 2. The zero-order valence-electron chi connectivity index (χ0n) is 9.40. The van der Waals surface area contributed by atoms with Crippen molar-refractivity contribution in [2.45, 2.75) is 11.8 Å². The predicted molar refractivity (Wildman–Crippen MR) is 68.2 cm³/mol. The Hall–Kier alpha value is -1.75. The molecule has 0 bridgehead atoms. The molecule has 90 valence electrons. The normalized spacial score (nSPS) is 9.71. The Bertz CT molecular complexity index is 440. The molecule has 0 heterocycles. The van der Waals surface area contributed by atoms with Crippen LogP contribution in [0.2, 0.25) is 0 Å². The van der Waals surface area contributed by atoms with E-state index < -0.39 is 5.97 Å². The third-order valence-electron chi connectivity index (χ3n) is 1.89. The molecule has 0 saturated heterocycles. The first-order valence-corrected chi connectivity index (χ1v) is 5.89. The Morgan fingerprint density at radius 2 is 1.94 bits per heavy atom. The molecule has 1 amide bonds. The monoisotopic (exact) mass is 251 g/mol. The summed E-state index contributed by atoms with van der Waals surface area (Å²) >= 11 is 1.39. The standard InChI is InChI=1S/C12H13NO3S/c1-8(12(15)16)7-17-11-5-3-10(4-6-11)13-9(2)14/h3-6H,1,7H2,2H3,(H,13,14)(H,15,16). The number of benzene rings is 1. The number of thioether (sulfide) groups is 1. The van der Waals surface area contributed by atoms with Crippen LogP contribution in [0.3, 0.4) is 0 Å². The third-order valence-corrected chi connectivity index (χ3v) is 2.99. The number of anilines is 1. The van der Waals surface area contributed by atoms with E-state index in [0.29, 0.717) is 5.75 Å². The molecule has 1 aromatic carbocycles. The fourth-order valence-corrected chi connectivity index (χ4v) is 1.86. The Labute approximate surface area is 104 Å². The number of rotatable bonds is 5. The molecule has 1 rings (SSSR count). The van der Waals surface area contributed by atoms with E-state index in [1.807, 2.05) is 12.1 Å². The summed E-state index contributed by atoms with van der Waals surface area (Å²) in [4.78, 5) is 22.3. The number of hydrogen-bond acceptors (Lipinski definition) is 3. The minimum Gasteiger partial charge on any atom is -0.478 e. The van der Waals surface area contributed by atoms with Gasteiger partial charge in [0, 0.05) is 28.8 Å². The van der Waals surface area contributed by atoms with Gasteiger partial charge in [-0.05, 0) is 24.3 Å². The van der Waals surface area contributed by atoms with E-state index in [1.54, 1.807) is 12.1 Å². The summed E-state index contributed by atoms with van der Waals surface area (Å²) in [5, 5.41) is 11.3. The van der Waals surface area contributed by atoms with E-state index in [1.165, 1.54) is 18.7 Å². The van der Waals surface area contributed by atoms with Crippen molar-refractivity contribution in [3.05, 3.63) is 36.4 Å². The second-order valence-corrected chi connectivity index (χ2v) is 4.45. The van der Waals surface area contributed by atoms with Crippen molar-refractivity contribution in [2.24, 2.45) is 0 Å². The second-order valence-electron chi connectivity index (χ2n) is 3.40. The van der Waals surface area contributed by atoms with Gasteiger partial charge in [-0.25, -0.2) is 4.79 Å². The summed E-state index contributed by atoms with van der Waals surface area (Å²) in [6.45, 7) is 4.89. The maximum Gasteiger partial charge on any atom is 0.331 e. The third kappa shape index (κ3) is 4.74. The molecule has 0 spiro atoms. The number of aliphatic carboxylic acids is 1. The average molecular weight is 251 g/mol. The minimum atomic E-state index is -0.979. The van der Waals surface area contributed by atoms with E-state index >= 15 is 0 Å². The first kappa shape index (κ1) is 13.3. The first-order valence-electron chi connectivity index (χ1n) is 4.90. The Balaban J connectivity index is 2.54. The SMILES string of the molecule is C=C(CSc1ccc(NC(C)=O)cc1)C(=O)O. The molecule has 4 nitrogen and oxygen atoms in total. The van der Waals surface area contributed by atoms with Crippen LogP contribution >= 0.6 is 11.8 Å². The second kappa shape index (κ2) is 6.10. The number of amides is 1. The lowest BCUT2D eigenvalue weighted by Crippen LogP contribution is -2.05. The lowest BCUT2D eigenvalue weighted by atomic mass is 10.3. The molecule has 0 atom stereocenters. The lowest BCUT2D eigenvalue weighted by molar-refractivity contribution is -0.132. The predicted octanol–water partition coefficient (Wildman–Crippen LogP) is 2.38. The quantitative estimate of drug-likeness (QED) is 0.623. The highest BCUT2D eigenvalue weighted by Gasteiger charge is 2.04. The molecule has 0 fully saturated rings. The highest BCUT2D eigenvalue weighted by molar-refractivity contribution is 7.99. The zero-order chi connectivity index (χ0) is 12.8. The molecule has 0 saturated carbocycles. The average Bonchev–Trinajstić information content (AvgIpc) is 2.26. The molecule has 1 aromatic rings. The molecule has 0 unspecified atom stereocenters. The molecule has 0 aromatic heterocycles. The maximum absolute atomic E-state index is 10.8. The van der Waals surface area contributed by atoms with Crippen LogP contribution in [0.5, 0.6) is 0 Å². The topological polar surface area (TPSA) is 66.4 Å². The molecule has 17 heavy (non-hydrogen) atoms. The van der Waals surface area contributed by atoms with Crippen molar-refractivity contribution in [3.8, 4) is 0 Å². The van der Waals surface area contributed by atoms with E-state index in [-0.39, 0.29) is 11.5 Å². The van der Waals surface area contributed by atoms with Gasteiger partial charge >= 0.3 is 5.97 Å². The van der Waals surface area contributed by atoms with E-state index in [9.17, 15) is 9.59 Å². The Morgan fingerprint density at radius 3 is 2.41 bits per heavy atom. The van der Waals surface area contributed by atoms with Gasteiger partial charge in [-0.2, -0.15) is 0 Å². The van der Waals surface area contributed by atoms with Crippen LogP contribution in [-0.4, -0.2) is 22.7 Å². The number of hydrogen-bond donors (Lipinski definition) is 2. The van der Waals surface area contributed by atoms with Crippen LogP contribution in [0.15, 0.2) is 41.3 Å². The Kier molecular flexibility index (Phi) is 4.78. The van der Waals surface area contributed by atoms with Crippen molar-refractivity contribution >= 4 is 29.3 Å². The van der Waals surface area contributed by atoms with Crippen LogP contribution in [0.4, 0.5) is 5.69 Å². The van der Waals surface area contributed by atoms with Crippen molar-refractivity contribution in [2.75, 3.05) is 11.1 Å². The van der Waals surface area contributed by atoms with Gasteiger partial charge in [0.2, 0.25) is 5.91 Å². The summed E-state index contributed by atoms with van der Waals surface area (Å²) in [6, 6.07) is 7.19. The molecule has 0 aliphatic carbocycles. The molecule has 2 N–H and O–H groups in total. The van der Waals surface area contributed by atoms with Gasteiger partial charge < -0.3 is 10.4 Å². The molecular weight excluding hydrogens is 238 g/mol. The highest BCUT2D eigenvalue weighted by atomic mass is 32.2. The van der Waals surface area contributed by atoms with Crippen molar-refractivity contribution in [1.82, 2.24) is 0 Å². The molecule has 5 heteroatoms. The highest BCUT2D eigenvalue weighted by Crippen LogP contribution is 2.22. The van der Waals surface area contributed by atoms with Crippen LogP contribution < -0.4 is 5.32 Å². The van der Waals surface area contributed by atoms with Gasteiger partial charge in [0.15, 0.2) is 0 Å². The summed E-state index contributed by atoms with van der Waals surface area (Å²) in [7, 11) is 0. The number of carboxylic acids is 1. The van der Waals surface area contributed by atoms with Crippen molar-refractivity contribution in [3.63, 3.8) is 0 Å². The summed E-state index contributed by atoms with van der Waals surface area (Å²) in [5.74, 6) is -0.758. The van der Waals surface area contributed by atoms with Crippen LogP contribution in [0, 0.1) is 0 Å². The van der Waals surface area contributed by atoms with E-state index in [0.717, 1.165) is 10.6 Å². The van der Waals surface area contributed by atoms with Crippen LogP contribution in [0.1, 0.15) is 6.92 Å². The minimum absolute atomic E-state index is 0.121. The molecular formula is C12H13NO3S. The molecule has 0 aliphatic heterocycles. The van der Waals surface area contributed by atoms with E-state index in [4.69, 9.17) is 5.11 Å². The lowest BCUT2D eigenvalue weighted by Gasteiger charge is -2.04. The molecule has 0 radical (unpaired) electrons. The van der Waals surface area contributed by atoms with Gasteiger partial charge in [0.1, 0.15) is 0 Å². The van der Waals surface area contributed by atoms with Gasteiger partial charge in [-0.3, -0.25) is 4.79 Å². The zero-order valence-corrected chi connectivity index (χ0v) is 10.2. The van der Waals surface area contributed by atoms with Gasteiger partial charge in [0.25, 0.3) is 0 Å². The number of carboxylic acid groups (broad SMARTS) is 1. The summed E-state index contributed by atoms with van der Waals surface area (Å²) < 4.78 is 0. The van der Waals surface area contributed by atoms with Gasteiger partial charge in [-0.15, -0.1) is 11.8 Å². The van der Waals surface area contributed by atoms with Crippen LogP contribution in [0.25, 0.3) is 0 Å². The fourth-order valence-electron chi connectivity index (χ4n) is 1.07. The maximum atomic E-state index is 10.8. The number of carbonyl (C=O) groups excluding carboxylic acids is 1. The van der Waals surface area contributed by atoms with Crippen molar-refractivity contribution < 1.29 is 14.7 Å². The summed E-state index contributed by atoms with van der Waals surface area (Å²) in [6.07, 6.45) is 0.